The summed E-state index contributed by atoms with van der Waals surface area (Å²) in [6.07, 6.45) is 5.07. The first-order valence-corrected chi connectivity index (χ1v) is 10.6. The number of hydrogen-bond acceptors (Lipinski definition) is 5. The molecule has 0 amide bonds. The zero-order chi connectivity index (χ0) is 20.2. The molecule has 0 saturated heterocycles. The van der Waals surface area contributed by atoms with Gasteiger partial charge in [0, 0.05) is 33.0 Å². The zero-order valence-corrected chi connectivity index (χ0v) is 19.0. The summed E-state index contributed by atoms with van der Waals surface area (Å²) < 4.78 is 6.87. The van der Waals surface area contributed by atoms with Gasteiger partial charge in [0.05, 0.1) is 24.8 Å². The Morgan fingerprint density at radius 3 is 1.93 bits per heavy atom. The number of carbonyl (C=O) groups is 1. The smallest absolute Gasteiger partial charge is 0.315 e. The molecule has 0 radical (unpaired) electrons. The predicted molar refractivity (Wildman–Crippen MR) is 114 cm³/mol. The Hall–Kier alpha value is -1.31. The Morgan fingerprint density at radius 1 is 1.00 bits per heavy atom. The van der Waals surface area contributed by atoms with Gasteiger partial charge in [-0.3, -0.25) is 14.8 Å². The highest BCUT2D eigenvalue weighted by molar-refractivity contribution is 9.10. The molecule has 27 heavy (non-hydrogen) atoms. The largest absolute Gasteiger partial charge is 0.465 e. The molecule has 0 aromatic carbocycles. The molecule has 2 aromatic heterocycles. The minimum atomic E-state index is -0.252. The molecule has 2 heterocycles. The van der Waals surface area contributed by atoms with Gasteiger partial charge in [-0.1, -0.05) is 13.8 Å². The van der Waals surface area contributed by atoms with Crippen molar-refractivity contribution in [2.24, 2.45) is 0 Å². The first-order chi connectivity index (χ1) is 13.0. The quantitative estimate of drug-likeness (QED) is 0.526. The SMILES string of the molecule is CCC(CO)c1ccc(Br)cn1.CCOC(=O)C(CC)c1ccc(Br)cn1. The van der Waals surface area contributed by atoms with Crippen LogP contribution in [0.3, 0.4) is 0 Å². The van der Waals surface area contributed by atoms with Crippen LogP contribution in [-0.2, 0) is 9.53 Å². The minimum Gasteiger partial charge on any atom is -0.465 e. The molecule has 0 aliphatic heterocycles. The normalized spacial score (nSPS) is 12.5. The van der Waals surface area contributed by atoms with Crippen molar-refractivity contribution < 1.29 is 14.6 Å². The molecule has 148 valence electrons. The fourth-order valence-electron chi connectivity index (χ4n) is 2.39. The number of ether oxygens (including phenoxy) is 1. The molecule has 1 N–H and O–H groups in total. The van der Waals surface area contributed by atoms with Crippen LogP contribution in [-0.4, -0.2) is 34.3 Å². The summed E-state index contributed by atoms with van der Waals surface area (Å²) in [5.41, 5.74) is 1.72. The molecule has 0 aliphatic carbocycles. The van der Waals surface area contributed by atoms with E-state index in [0.717, 1.165) is 26.8 Å². The van der Waals surface area contributed by atoms with Crippen LogP contribution >= 0.6 is 31.9 Å². The van der Waals surface area contributed by atoms with E-state index < -0.39 is 0 Å². The van der Waals surface area contributed by atoms with Crippen molar-refractivity contribution in [2.75, 3.05) is 13.2 Å². The highest BCUT2D eigenvalue weighted by Crippen LogP contribution is 2.20. The van der Waals surface area contributed by atoms with E-state index >= 15 is 0 Å². The molecule has 2 unspecified atom stereocenters. The van der Waals surface area contributed by atoms with Crippen LogP contribution < -0.4 is 0 Å². The molecule has 5 nitrogen and oxygen atoms in total. The van der Waals surface area contributed by atoms with E-state index in [1.807, 2.05) is 38.1 Å². The summed E-state index contributed by atoms with van der Waals surface area (Å²) >= 11 is 6.62. The molecule has 0 saturated carbocycles. The second kappa shape index (κ2) is 13.0. The van der Waals surface area contributed by atoms with Gasteiger partial charge in [0.25, 0.3) is 0 Å². The molecule has 2 rings (SSSR count). The van der Waals surface area contributed by atoms with Crippen molar-refractivity contribution in [3.8, 4) is 0 Å². The standard InChI is InChI=1S/C11H14BrNO2.C9H12BrNO/c1-3-9(11(14)15-4-2)10-6-5-8(12)7-13-10;1-2-7(6-12)9-4-3-8(10)5-11-9/h5-7,9H,3-4H2,1-2H3;3-5,7,12H,2,6H2,1H3. The number of aliphatic hydroxyl groups is 1. The molecule has 7 heteroatoms. The summed E-state index contributed by atoms with van der Waals surface area (Å²) in [6, 6.07) is 7.61. The van der Waals surface area contributed by atoms with Gasteiger partial charge in [-0.15, -0.1) is 0 Å². The summed E-state index contributed by atoms with van der Waals surface area (Å²) in [7, 11) is 0. The van der Waals surface area contributed by atoms with Gasteiger partial charge in [0.1, 0.15) is 0 Å². The van der Waals surface area contributed by atoms with E-state index in [0.29, 0.717) is 13.0 Å². The fraction of sp³-hybridized carbons (Fsp3) is 0.450. The third kappa shape index (κ3) is 8.07. The number of pyridine rings is 2. The van der Waals surface area contributed by atoms with Crippen LogP contribution in [0.25, 0.3) is 0 Å². The van der Waals surface area contributed by atoms with Crippen molar-refractivity contribution in [1.82, 2.24) is 9.97 Å². The van der Waals surface area contributed by atoms with Gasteiger partial charge in [-0.2, -0.15) is 0 Å². The maximum Gasteiger partial charge on any atom is 0.315 e. The minimum absolute atomic E-state index is 0.172. The number of carbonyl (C=O) groups excluding carboxylic acids is 1. The topological polar surface area (TPSA) is 72.3 Å². The van der Waals surface area contributed by atoms with Crippen molar-refractivity contribution in [3.63, 3.8) is 0 Å². The second-order valence-electron chi connectivity index (χ2n) is 5.80. The lowest BCUT2D eigenvalue weighted by molar-refractivity contribution is -0.145. The van der Waals surface area contributed by atoms with E-state index in [4.69, 9.17) is 9.84 Å². The summed E-state index contributed by atoms with van der Waals surface area (Å²) in [6.45, 7) is 6.38. The molecule has 0 aliphatic rings. The Morgan fingerprint density at radius 2 is 1.56 bits per heavy atom. The second-order valence-corrected chi connectivity index (χ2v) is 7.63. The van der Waals surface area contributed by atoms with Gasteiger partial charge in [0.15, 0.2) is 0 Å². The van der Waals surface area contributed by atoms with Gasteiger partial charge in [-0.05, 0) is 75.9 Å². The predicted octanol–water partition coefficient (Wildman–Crippen LogP) is 5.23. The van der Waals surface area contributed by atoms with Gasteiger partial charge >= 0.3 is 5.97 Å². The average molecular weight is 502 g/mol. The van der Waals surface area contributed by atoms with Crippen LogP contribution in [0.4, 0.5) is 0 Å². The van der Waals surface area contributed by atoms with E-state index in [-0.39, 0.29) is 24.4 Å². The Balaban J connectivity index is 0.000000277. The van der Waals surface area contributed by atoms with Gasteiger partial charge in [-0.25, -0.2) is 0 Å². The lowest BCUT2D eigenvalue weighted by atomic mass is 10.0. The number of aliphatic hydroxyl groups excluding tert-OH is 1. The van der Waals surface area contributed by atoms with Crippen LogP contribution in [0.5, 0.6) is 0 Å². The van der Waals surface area contributed by atoms with Crippen molar-refractivity contribution in [1.29, 1.82) is 0 Å². The van der Waals surface area contributed by atoms with Crippen molar-refractivity contribution in [3.05, 3.63) is 57.0 Å². The molecular weight excluding hydrogens is 476 g/mol. The van der Waals surface area contributed by atoms with Crippen LogP contribution in [0.1, 0.15) is 56.8 Å². The lowest BCUT2D eigenvalue weighted by Crippen LogP contribution is -2.16. The monoisotopic (exact) mass is 500 g/mol. The van der Waals surface area contributed by atoms with Gasteiger partial charge < -0.3 is 9.84 Å². The molecular formula is C20H26Br2N2O3. The highest BCUT2D eigenvalue weighted by atomic mass is 79.9. The number of nitrogens with zero attached hydrogens (tertiary/aromatic N) is 2. The van der Waals surface area contributed by atoms with Crippen molar-refractivity contribution >= 4 is 37.8 Å². The van der Waals surface area contributed by atoms with Crippen molar-refractivity contribution in [2.45, 2.75) is 45.4 Å². The number of esters is 1. The fourth-order valence-corrected chi connectivity index (χ4v) is 2.86. The van der Waals surface area contributed by atoms with Crippen LogP contribution in [0.15, 0.2) is 45.6 Å². The number of aromatic nitrogens is 2. The van der Waals surface area contributed by atoms with Crippen LogP contribution in [0.2, 0.25) is 0 Å². The Kier molecular flexibility index (Phi) is 11.4. The molecule has 2 aromatic rings. The molecule has 2 atom stereocenters. The third-order valence-corrected chi connectivity index (χ3v) is 4.91. The number of hydrogen-bond donors (Lipinski definition) is 1. The Labute approximate surface area is 177 Å². The summed E-state index contributed by atoms with van der Waals surface area (Å²) in [4.78, 5) is 20.0. The molecule has 0 bridgehead atoms. The highest BCUT2D eigenvalue weighted by Gasteiger charge is 2.20. The van der Waals surface area contributed by atoms with Gasteiger partial charge in [0.2, 0.25) is 0 Å². The van der Waals surface area contributed by atoms with E-state index in [2.05, 4.69) is 41.8 Å². The zero-order valence-electron chi connectivity index (χ0n) is 15.9. The Bertz CT molecular complexity index is 675. The number of rotatable bonds is 7. The maximum absolute atomic E-state index is 11.6. The molecule has 0 spiro atoms. The maximum atomic E-state index is 11.6. The summed E-state index contributed by atoms with van der Waals surface area (Å²) in [5.74, 6) is -0.272. The first kappa shape index (κ1) is 23.7. The lowest BCUT2D eigenvalue weighted by Gasteiger charge is -2.12. The van der Waals surface area contributed by atoms with Crippen LogP contribution in [0, 0.1) is 0 Å². The molecule has 0 fully saturated rings. The average Bonchev–Trinajstić information content (AvgIpc) is 2.67. The number of halogens is 2. The third-order valence-electron chi connectivity index (χ3n) is 3.97. The summed E-state index contributed by atoms with van der Waals surface area (Å²) in [5, 5.41) is 9.00. The first-order valence-electron chi connectivity index (χ1n) is 8.97. The van der Waals surface area contributed by atoms with E-state index in [1.165, 1.54) is 0 Å². The van der Waals surface area contributed by atoms with E-state index in [1.54, 1.807) is 19.3 Å². The van der Waals surface area contributed by atoms with E-state index in [9.17, 15) is 4.79 Å².